The first-order valence-electron chi connectivity index (χ1n) is 10.3. The van der Waals surface area contributed by atoms with Crippen molar-refractivity contribution in [3.63, 3.8) is 0 Å². The number of hydrogen-bond donors (Lipinski definition) is 1. The summed E-state index contributed by atoms with van der Waals surface area (Å²) in [6.07, 6.45) is 9.72. The first-order chi connectivity index (χ1) is 14.1. The number of carbonyl (C=O) groups excluding carboxylic acids is 1. The van der Waals surface area contributed by atoms with E-state index >= 15 is 0 Å². The molecule has 1 aromatic carbocycles. The number of amides is 1. The summed E-state index contributed by atoms with van der Waals surface area (Å²) in [5.74, 6) is 1.04. The zero-order valence-electron chi connectivity index (χ0n) is 17.9. The Balaban J connectivity index is 1.93. The molecular weight excluding hydrogens is 417 g/mol. The van der Waals surface area contributed by atoms with Gasteiger partial charge in [0.1, 0.15) is 0 Å². The quantitative estimate of drug-likeness (QED) is 0.537. The average molecular weight is 445 g/mol. The van der Waals surface area contributed by atoms with Crippen LogP contribution in [0.5, 0.6) is 0 Å². The van der Waals surface area contributed by atoms with Gasteiger partial charge in [-0.25, -0.2) is 9.28 Å². The maximum atomic E-state index is 13.7. The molecule has 0 radical (unpaired) electrons. The molecule has 1 amide bonds. The molecule has 0 saturated heterocycles. The van der Waals surface area contributed by atoms with Gasteiger partial charge in [-0.1, -0.05) is 61.3 Å². The van der Waals surface area contributed by atoms with Crippen molar-refractivity contribution in [2.45, 2.75) is 26.3 Å². The third-order valence-electron chi connectivity index (χ3n) is 6.09. The highest BCUT2D eigenvalue weighted by Gasteiger charge is 2.51. The summed E-state index contributed by atoms with van der Waals surface area (Å²) in [4.78, 5) is 16.0. The van der Waals surface area contributed by atoms with E-state index in [0.29, 0.717) is 27.7 Å². The van der Waals surface area contributed by atoms with Crippen LogP contribution in [0.4, 0.5) is 0 Å². The number of benzene rings is 1. The number of nitrogens with zero attached hydrogens (tertiary/aromatic N) is 2. The van der Waals surface area contributed by atoms with Crippen LogP contribution >= 0.6 is 23.2 Å². The Kier molecular flexibility index (Phi) is 5.26. The summed E-state index contributed by atoms with van der Waals surface area (Å²) in [6, 6.07) is 5.42. The van der Waals surface area contributed by atoms with E-state index in [0.717, 1.165) is 24.4 Å². The Morgan fingerprint density at radius 2 is 1.97 bits per heavy atom. The molecule has 2 heterocycles. The van der Waals surface area contributed by atoms with E-state index in [4.69, 9.17) is 28.9 Å². The molecule has 3 aliphatic rings. The number of quaternary nitrogens is 1. The van der Waals surface area contributed by atoms with Crippen molar-refractivity contribution < 1.29 is 9.28 Å². The van der Waals surface area contributed by atoms with Gasteiger partial charge in [0.05, 0.1) is 36.3 Å². The van der Waals surface area contributed by atoms with E-state index in [1.807, 2.05) is 26.2 Å². The predicted octanol–water partition coefficient (Wildman–Crippen LogP) is 4.76. The number of allylic oxidation sites excluding steroid dienone is 3. The molecule has 0 fully saturated rings. The Bertz CT molecular complexity index is 1050. The van der Waals surface area contributed by atoms with Crippen LogP contribution in [0.2, 0.25) is 10.0 Å². The Morgan fingerprint density at radius 1 is 1.23 bits per heavy atom. The molecule has 1 atom stereocenters. The van der Waals surface area contributed by atoms with Gasteiger partial charge in [0.15, 0.2) is 0 Å². The first-order valence-corrected chi connectivity index (χ1v) is 11.0. The van der Waals surface area contributed by atoms with Gasteiger partial charge in [0.25, 0.3) is 0 Å². The fraction of sp³-hybridized carbons (Fsp3) is 0.375. The second-order valence-corrected chi connectivity index (χ2v) is 10.1. The molecule has 0 aromatic heterocycles. The minimum atomic E-state index is -0.0433. The Labute approximate surface area is 188 Å². The van der Waals surface area contributed by atoms with Gasteiger partial charge >= 0.3 is 5.91 Å². The standard InChI is InChI=1S/C24H28Cl2N3O/c1-24(2)9-8-21-19(14-24)17-13-18(16-7-6-15(25)12-20(16)26)23(30)29(3,4)22(17)28(21)11-5-10-27/h6-9,12-14,21H,5,10-11,27H2,1-4H3/q+1. The van der Waals surface area contributed by atoms with Crippen LogP contribution in [0.15, 0.2) is 59.5 Å². The third kappa shape index (κ3) is 3.36. The van der Waals surface area contributed by atoms with Gasteiger partial charge in [-0.3, -0.25) is 0 Å². The van der Waals surface area contributed by atoms with Crippen LogP contribution in [-0.4, -0.2) is 48.5 Å². The fourth-order valence-electron chi connectivity index (χ4n) is 4.68. The van der Waals surface area contributed by atoms with Crippen LogP contribution in [0.25, 0.3) is 5.57 Å². The Hall–Kier alpha value is -1.85. The number of hydrogen-bond acceptors (Lipinski definition) is 3. The second-order valence-electron chi connectivity index (χ2n) is 9.24. The average Bonchev–Trinajstić information content (AvgIpc) is 2.96. The number of rotatable bonds is 4. The molecular formula is C24H28Cl2N3O+. The van der Waals surface area contributed by atoms with Crippen molar-refractivity contribution >= 4 is 34.7 Å². The van der Waals surface area contributed by atoms with Crippen LogP contribution in [0.3, 0.4) is 0 Å². The van der Waals surface area contributed by atoms with Crippen molar-refractivity contribution in [1.29, 1.82) is 0 Å². The summed E-state index contributed by atoms with van der Waals surface area (Å²) in [7, 11) is 3.91. The van der Waals surface area contributed by atoms with E-state index in [2.05, 4.69) is 37.0 Å². The summed E-state index contributed by atoms with van der Waals surface area (Å²) in [6.45, 7) is 5.82. The van der Waals surface area contributed by atoms with E-state index in [9.17, 15) is 4.79 Å². The van der Waals surface area contributed by atoms with Gasteiger partial charge in [-0.05, 0) is 36.7 Å². The molecule has 1 aliphatic carbocycles. The number of nitrogens with two attached hydrogens (primary N) is 1. The minimum Gasteiger partial charge on any atom is -0.330 e. The largest absolute Gasteiger partial charge is 0.352 e. The molecule has 6 heteroatoms. The van der Waals surface area contributed by atoms with Crippen LogP contribution in [0.1, 0.15) is 25.8 Å². The SMILES string of the molecule is CC1(C)C=CC2C(=C1)C1=C(N2CCCN)[N+](C)(C)C(=O)C(c2ccc(Cl)cc2Cl)=C1. The monoisotopic (exact) mass is 444 g/mol. The van der Waals surface area contributed by atoms with Crippen molar-refractivity contribution in [2.75, 3.05) is 27.2 Å². The number of fused-ring (bicyclic) bond motifs is 2. The van der Waals surface area contributed by atoms with Crippen molar-refractivity contribution in [2.24, 2.45) is 11.1 Å². The summed E-state index contributed by atoms with van der Waals surface area (Å²) < 4.78 is 0.132. The highest BCUT2D eigenvalue weighted by molar-refractivity contribution is 6.37. The highest BCUT2D eigenvalue weighted by Crippen LogP contribution is 2.48. The third-order valence-corrected chi connectivity index (χ3v) is 6.64. The lowest BCUT2D eigenvalue weighted by Gasteiger charge is -2.38. The van der Waals surface area contributed by atoms with Crippen LogP contribution in [-0.2, 0) is 4.79 Å². The summed E-state index contributed by atoms with van der Waals surface area (Å²) in [5, 5.41) is 1.04. The van der Waals surface area contributed by atoms with Gasteiger partial charge in [-0.15, -0.1) is 0 Å². The van der Waals surface area contributed by atoms with Gasteiger partial charge in [0, 0.05) is 22.5 Å². The van der Waals surface area contributed by atoms with Crippen molar-refractivity contribution in [1.82, 2.24) is 4.90 Å². The number of likely N-dealkylation sites (N-methyl/N-ethyl adjacent to an activating group) is 1. The predicted molar refractivity (Wildman–Crippen MR) is 124 cm³/mol. The van der Waals surface area contributed by atoms with Crippen molar-refractivity contribution in [3.05, 3.63) is 75.1 Å². The topological polar surface area (TPSA) is 46.3 Å². The minimum absolute atomic E-state index is 0.0122. The zero-order chi connectivity index (χ0) is 21.8. The summed E-state index contributed by atoms with van der Waals surface area (Å²) in [5.41, 5.74) is 9.47. The van der Waals surface area contributed by atoms with E-state index in [1.165, 1.54) is 5.57 Å². The fourth-order valence-corrected chi connectivity index (χ4v) is 5.19. The van der Waals surface area contributed by atoms with Crippen LogP contribution in [0, 0.1) is 5.41 Å². The van der Waals surface area contributed by atoms with Gasteiger partial charge < -0.3 is 10.6 Å². The lowest BCUT2D eigenvalue weighted by molar-refractivity contribution is -0.780. The van der Waals surface area contributed by atoms with Crippen molar-refractivity contribution in [3.8, 4) is 0 Å². The number of carbonyl (C=O) groups is 1. The molecule has 4 rings (SSSR count). The van der Waals surface area contributed by atoms with E-state index < -0.39 is 0 Å². The second kappa shape index (κ2) is 7.38. The highest BCUT2D eigenvalue weighted by atomic mass is 35.5. The molecule has 4 nitrogen and oxygen atoms in total. The maximum Gasteiger partial charge on any atom is 0.352 e. The lowest BCUT2D eigenvalue weighted by Crippen LogP contribution is -2.52. The van der Waals surface area contributed by atoms with Gasteiger partial charge in [0.2, 0.25) is 5.82 Å². The first kappa shape index (κ1) is 21.4. The normalized spacial score (nSPS) is 23.9. The Morgan fingerprint density at radius 3 is 2.63 bits per heavy atom. The molecule has 1 unspecified atom stereocenters. The van der Waals surface area contributed by atoms with Crippen LogP contribution < -0.4 is 5.73 Å². The molecule has 0 bridgehead atoms. The van der Waals surface area contributed by atoms with E-state index in [1.54, 1.807) is 12.1 Å². The molecule has 0 saturated carbocycles. The lowest BCUT2D eigenvalue weighted by atomic mass is 9.81. The molecule has 1 aromatic rings. The number of halogens is 2. The van der Waals surface area contributed by atoms with Gasteiger partial charge in [-0.2, -0.15) is 0 Å². The molecule has 158 valence electrons. The molecule has 0 spiro atoms. The smallest absolute Gasteiger partial charge is 0.330 e. The molecule has 2 N–H and O–H groups in total. The molecule has 2 aliphatic heterocycles. The van der Waals surface area contributed by atoms with E-state index in [-0.39, 0.29) is 21.8 Å². The zero-order valence-corrected chi connectivity index (χ0v) is 19.4. The summed E-state index contributed by atoms with van der Waals surface area (Å²) >= 11 is 12.6. The maximum absolute atomic E-state index is 13.7. The molecule has 30 heavy (non-hydrogen) atoms.